The van der Waals surface area contributed by atoms with E-state index in [-0.39, 0.29) is 35.7 Å². The first kappa shape index (κ1) is 35.1. The number of carbonyl (C=O) groups is 2. The summed E-state index contributed by atoms with van der Waals surface area (Å²) < 4.78 is 6.00. The van der Waals surface area contributed by atoms with Crippen LogP contribution in [0.25, 0.3) is 0 Å². The number of aliphatic hydroxyl groups excluding tert-OH is 2. The standard InChI is InChI=1S/C36H61N3O5/c1-22(2)10-8-11-28(36(43)39-19-7-5-6-17-38-18-9-16-37)35-30-20-32(42)34-26-14-15-31(41)23(3)25(26)12-13-27(34)29(30)21-33(35)44-24(4)40/h10,23,25-27,29-34,38,41-42H,5-9,11-21,37H2,1-4H3,(H,39,43)/b35-28-/t23-,25?,26?,27?,29?,30?,31+,32+,33?,34?/m0/s1. The number of fused-ring (bicyclic) bond motifs is 5. The van der Waals surface area contributed by atoms with Crippen LogP contribution in [0.4, 0.5) is 0 Å². The molecule has 4 aliphatic carbocycles. The van der Waals surface area contributed by atoms with Crippen LogP contribution in [0, 0.1) is 41.4 Å². The fourth-order valence-electron chi connectivity index (χ4n) is 9.47. The second-order valence-corrected chi connectivity index (χ2v) is 14.5. The number of unbranched alkanes of at least 4 members (excludes halogenated alkanes) is 2. The molecule has 4 aliphatic rings. The Labute approximate surface area is 266 Å². The third-order valence-electron chi connectivity index (χ3n) is 11.4. The molecule has 250 valence electrons. The summed E-state index contributed by atoms with van der Waals surface area (Å²) in [6.45, 7) is 11.0. The highest BCUT2D eigenvalue weighted by molar-refractivity contribution is 5.94. The Morgan fingerprint density at radius 1 is 0.886 bits per heavy atom. The van der Waals surface area contributed by atoms with E-state index in [0.717, 1.165) is 88.4 Å². The number of nitrogens with one attached hydrogen (secondary N) is 2. The van der Waals surface area contributed by atoms with Crippen LogP contribution in [0.5, 0.6) is 0 Å². The molecular weight excluding hydrogens is 554 g/mol. The highest BCUT2D eigenvalue weighted by atomic mass is 16.5. The minimum Gasteiger partial charge on any atom is -0.458 e. The first-order valence-electron chi connectivity index (χ1n) is 17.7. The molecule has 0 aliphatic heterocycles. The van der Waals surface area contributed by atoms with Gasteiger partial charge in [-0.05, 0) is 151 Å². The maximum Gasteiger partial charge on any atom is 0.303 e. The van der Waals surface area contributed by atoms with Gasteiger partial charge in [-0.1, -0.05) is 25.0 Å². The van der Waals surface area contributed by atoms with Gasteiger partial charge in [0.15, 0.2) is 0 Å². The molecule has 10 atom stereocenters. The first-order chi connectivity index (χ1) is 21.1. The predicted octanol–water partition coefficient (Wildman–Crippen LogP) is 4.64. The van der Waals surface area contributed by atoms with Crippen molar-refractivity contribution in [2.45, 2.75) is 123 Å². The number of hydrogen-bond donors (Lipinski definition) is 5. The van der Waals surface area contributed by atoms with E-state index in [9.17, 15) is 19.8 Å². The van der Waals surface area contributed by atoms with E-state index in [1.165, 1.54) is 12.5 Å². The summed E-state index contributed by atoms with van der Waals surface area (Å²) in [5.41, 5.74) is 8.51. The Hall–Kier alpha value is -1.74. The zero-order chi connectivity index (χ0) is 31.8. The molecule has 1 amide bonds. The Morgan fingerprint density at radius 2 is 1.57 bits per heavy atom. The zero-order valence-corrected chi connectivity index (χ0v) is 27.9. The predicted molar refractivity (Wildman–Crippen MR) is 174 cm³/mol. The van der Waals surface area contributed by atoms with E-state index >= 15 is 0 Å². The summed E-state index contributed by atoms with van der Waals surface area (Å²) >= 11 is 0. The van der Waals surface area contributed by atoms with E-state index in [2.05, 4.69) is 37.5 Å². The SMILES string of the molecule is CC(=O)OC1CC2C(C[C@@H](O)C3C2CCC2C3CC[C@@H](O)[C@H]2C)/C1=C(\CCC=C(C)C)C(=O)NCCCCCNCCCN. The molecule has 6 N–H and O–H groups in total. The monoisotopic (exact) mass is 615 g/mol. The normalized spacial score (nSPS) is 35.6. The van der Waals surface area contributed by atoms with Crippen LogP contribution in [-0.2, 0) is 14.3 Å². The molecule has 0 aromatic carbocycles. The van der Waals surface area contributed by atoms with Gasteiger partial charge in [-0.15, -0.1) is 0 Å². The van der Waals surface area contributed by atoms with Crippen molar-refractivity contribution in [3.05, 3.63) is 22.8 Å². The highest BCUT2D eigenvalue weighted by Crippen LogP contribution is 2.60. The smallest absolute Gasteiger partial charge is 0.303 e. The van der Waals surface area contributed by atoms with Crippen LogP contribution in [0.15, 0.2) is 22.8 Å². The minimum absolute atomic E-state index is 0.0450. The number of ether oxygens (including phenoxy) is 1. The Balaban J connectivity index is 1.53. The van der Waals surface area contributed by atoms with Gasteiger partial charge in [-0.25, -0.2) is 0 Å². The van der Waals surface area contributed by atoms with E-state index in [0.29, 0.717) is 49.6 Å². The molecule has 0 heterocycles. The average molecular weight is 616 g/mol. The van der Waals surface area contributed by atoms with Crippen LogP contribution < -0.4 is 16.4 Å². The van der Waals surface area contributed by atoms with Crippen molar-refractivity contribution in [3.8, 4) is 0 Å². The van der Waals surface area contributed by atoms with Gasteiger partial charge in [0.05, 0.1) is 12.2 Å². The number of aliphatic hydroxyl groups is 2. The lowest BCUT2D eigenvalue weighted by molar-refractivity contribution is -0.145. The molecular formula is C36H61N3O5. The Morgan fingerprint density at radius 3 is 2.30 bits per heavy atom. The fraction of sp³-hybridized carbons (Fsp3) is 0.833. The van der Waals surface area contributed by atoms with Gasteiger partial charge >= 0.3 is 5.97 Å². The van der Waals surface area contributed by atoms with Crippen LogP contribution in [0.2, 0.25) is 0 Å². The number of esters is 1. The van der Waals surface area contributed by atoms with Crippen molar-refractivity contribution in [1.29, 1.82) is 0 Å². The van der Waals surface area contributed by atoms with Crippen LogP contribution in [0.1, 0.15) is 105 Å². The van der Waals surface area contributed by atoms with Gasteiger partial charge in [0.1, 0.15) is 6.10 Å². The summed E-state index contributed by atoms with van der Waals surface area (Å²) in [6, 6.07) is 0. The summed E-state index contributed by atoms with van der Waals surface area (Å²) in [6.07, 6.45) is 11.7. The maximum absolute atomic E-state index is 13.9. The molecule has 8 nitrogen and oxygen atoms in total. The second kappa shape index (κ2) is 16.7. The van der Waals surface area contributed by atoms with Gasteiger partial charge in [0.25, 0.3) is 0 Å². The summed E-state index contributed by atoms with van der Waals surface area (Å²) in [5, 5.41) is 29.0. The molecule has 4 rings (SSSR count). The number of hydrogen-bond acceptors (Lipinski definition) is 7. The number of amides is 1. The number of rotatable bonds is 14. The molecule has 7 unspecified atom stereocenters. The van der Waals surface area contributed by atoms with Crippen molar-refractivity contribution in [2.24, 2.45) is 47.2 Å². The maximum atomic E-state index is 13.9. The second-order valence-electron chi connectivity index (χ2n) is 14.5. The Kier molecular flexibility index (Phi) is 13.3. The van der Waals surface area contributed by atoms with Gasteiger partial charge in [0, 0.05) is 19.0 Å². The van der Waals surface area contributed by atoms with Crippen molar-refractivity contribution >= 4 is 11.9 Å². The molecule has 0 aromatic rings. The van der Waals surface area contributed by atoms with E-state index < -0.39 is 12.2 Å². The van der Waals surface area contributed by atoms with Crippen molar-refractivity contribution in [2.75, 3.05) is 26.2 Å². The van der Waals surface area contributed by atoms with E-state index in [1.54, 1.807) is 0 Å². The third-order valence-corrected chi connectivity index (χ3v) is 11.4. The van der Waals surface area contributed by atoms with Crippen LogP contribution in [0.3, 0.4) is 0 Å². The minimum atomic E-state index is -0.442. The summed E-state index contributed by atoms with van der Waals surface area (Å²) in [4.78, 5) is 26.3. The quantitative estimate of drug-likeness (QED) is 0.0832. The van der Waals surface area contributed by atoms with Crippen LogP contribution in [-0.4, -0.2) is 66.6 Å². The van der Waals surface area contributed by atoms with Crippen molar-refractivity contribution in [1.82, 2.24) is 10.6 Å². The molecule has 0 spiro atoms. The number of allylic oxidation sites excluding steroid dienone is 2. The van der Waals surface area contributed by atoms with E-state index in [4.69, 9.17) is 10.5 Å². The van der Waals surface area contributed by atoms with Crippen molar-refractivity contribution < 1.29 is 24.5 Å². The largest absolute Gasteiger partial charge is 0.458 e. The van der Waals surface area contributed by atoms with Gasteiger partial charge in [-0.3, -0.25) is 9.59 Å². The fourth-order valence-corrected chi connectivity index (χ4v) is 9.47. The zero-order valence-electron chi connectivity index (χ0n) is 27.9. The van der Waals surface area contributed by atoms with Gasteiger partial charge in [0.2, 0.25) is 5.91 Å². The number of nitrogens with two attached hydrogens (primary N) is 1. The molecule has 44 heavy (non-hydrogen) atoms. The van der Waals surface area contributed by atoms with E-state index in [1.807, 2.05) is 0 Å². The molecule has 0 aromatic heterocycles. The van der Waals surface area contributed by atoms with Crippen molar-refractivity contribution in [3.63, 3.8) is 0 Å². The lowest BCUT2D eigenvalue weighted by atomic mass is 9.51. The molecule has 8 heteroatoms. The lowest BCUT2D eigenvalue weighted by Crippen LogP contribution is -2.53. The molecule has 0 bridgehead atoms. The highest BCUT2D eigenvalue weighted by Gasteiger charge is 2.57. The Bertz CT molecular complexity index is 1020. The molecule has 0 radical (unpaired) electrons. The summed E-state index contributed by atoms with van der Waals surface area (Å²) in [7, 11) is 0. The lowest BCUT2D eigenvalue weighted by Gasteiger charge is -2.55. The molecule has 0 saturated heterocycles. The topological polar surface area (TPSA) is 134 Å². The van der Waals surface area contributed by atoms with Gasteiger partial charge in [-0.2, -0.15) is 0 Å². The van der Waals surface area contributed by atoms with Crippen LogP contribution >= 0.6 is 0 Å². The average Bonchev–Trinajstić information content (AvgIpc) is 3.32. The van der Waals surface area contributed by atoms with Gasteiger partial charge < -0.3 is 31.3 Å². The molecule has 4 saturated carbocycles. The third kappa shape index (κ3) is 8.54. The first-order valence-corrected chi connectivity index (χ1v) is 17.7. The molecule has 4 fully saturated rings. The summed E-state index contributed by atoms with van der Waals surface area (Å²) in [5.74, 6) is 1.71. The number of carbonyl (C=O) groups excluding carboxylic acids is 2.